The van der Waals surface area contributed by atoms with Crippen LogP contribution in [0, 0.1) is 0 Å². The summed E-state index contributed by atoms with van der Waals surface area (Å²) in [6.07, 6.45) is 3.07. The number of nitrogens with zero attached hydrogens (tertiary/aromatic N) is 5. The highest BCUT2D eigenvalue weighted by Crippen LogP contribution is 2.08. The Morgan fingerprint density at radius 3 is 2.44 bits per heavy atom. The highest BCUT2D eigenvalue weighted by molar-refractivity contribution is 5.97. The van der Waals surface area contributed by atoms with Crippen LogP contribution >= 0.6 is 0 Å². The van der Waals surface area contributed by atoms with Gasteiger partial charge in [-0.25, -0.2) is 9.98 Å². The van der Waals surface area contributed by atoms with Gasteiger partial charge in [0.15, 0.2) is 5.82 Å². The molecular weight excluding hydrogens is 230 g/mol. The van der Waals surface area contributed by atoms with E-state index < -0.39 is 0 Å². The molecule has 0 fully saturated rings. The van der Waals surface area contributed by atoms with E-state index in [0.29, 0.717) is 5.82 Å². The van der Waals surface area contributed by atoms with E-state index in [-0.39, 0.29) is 11.6 Å². The maximum atomic E-state index is 11.7. The van der Waals surface area contributed by atoms with Crippen molar-refractivity contribution in [3.05, 3.63) is 23.9 Å². The molecule has 6 heteroatoms. The van der Waals surface area contributed by atoms with Crippen LogP contribution in [0.4, 0.5) is 5.82 Å². The molecule has 0 aliphatic rings. The van der Waals surface area contributed by atoms with Crippen LogP contribution in [0.3, 0.4) is 0 Å². The minimum atomic E-state index is -0.384. The van der Waals surface area contributed by atoms with Gasteiger partial charge in [-0.15, -0.1) is 0 Å². The van der Waals surface area contributed by atoms with Crippen LogP contribution in [-0.2, 0) is 0 Å². The van der Waals surface area contributed by atoms with Crippen LogP contribution < -0.4 is 0 Å². The lowest BCUT2D eigenvalue weighted by atomic mass is 10.3. The Hall–Kier alpha value is -2.24. The van der Waals surface area contributed by atoms with Gasteiger partial charge in [0.05, 0.1) is 12.7 Å². The minimum Gasteiger partial charge on any atom is -0.369 e. The van der Waals surface area contributed by atoms with Crippen molar-refractivity contribution >= 4 is 24.4 Å². The molecule has 1 aromatic heterocycles. The molecule has 96 valence electrons. The van der Waals surface area contributed by atoms with Gasteiger partial charge in [0.1, 0.15) is 5.69 Å². The van der Waals surface area contributed by atoms with E-state index in [1.165, 1.54) is 6.34 Å². The topological polar surface area (TPSA) is 61.2 Å². The fraction of sp³-hybridized carbons (Fsp3) is 0.333. The van der Waals surface area contributed by atoms with Crippen LogP contribution in [-0.4, -0.2) is 61.6 Å². The maximum Gasteiger partial charge on any atom is 0.297 e. The molecule has 1 aromatic rings. The molecule has 18 heavy (non-hydrogen) atoms. The fourth-order valence-corrected chi connectivity index (χ4v) is 1.02. The number of hydrogen-bond donors (Lipinski definition) is 0. The summed E-state index contributed by atoms with van der Waals surface area (Å²) in [7, 11) is 7.31. The molecule has 0 saturated heterocycles. The number of hydrogen-bond acceptors (Lipinski definition) is 3. The Kier molecular flexibility index (Phi) is 4.98. The van der Waals surface area contributed by atoms with E-state index in [1.807, 2.05) is 14.1 Å². The summed E-state index contributed by atoms with van der Waals surface area (Å²) >= 11 is 0. The second-order valence-corrected chi connectivity index (χ2v) is 4.10. The van der Waals surface area contributed by atoms with Crippen molar-refractivity contribution in [2.75, 3.05) is 28.2 Å². The number of pyridine rings is 1. The van der Waals surface area contributed by atoms with E-state index in [0.717, 1.165) is 0 Å². The van der Waals surface area contributed by atoms with Crippen LogP contribution in [0.25, 0.3) is 0 Å². The van der Waals surface area contributed by atoms with Gasteiger partial charge in [0, 0.05) is 28.2 Å². The third kappa shape index (κ3) is 4.73. The molecular formula is C12H17N5O. The molecule has 0 unspecified atom stereocenters. The lowest BCUT2D eigenvalue weighted by molar-refractivity contribution is 0.0997. The van der Waals surface area contributed by atoms with E-state index >= 15 is 0 Å². The molecule has 0 aliphatic carbocycles. The Balaban J connectivity index is 2.85. The number of amides is 1. The van der Waals surface area contributed by atoms with Crippen LogP contribution in [0.1, 0.15) is 10.5 Å². The SMILES string of the molecule is CN(C)/C=N/C(=O)c1cccc(/N=C/N(C)C)n1. The highest BCUT2D eigenvalue weighted by atomic mass is 16.1. The van der Waals surface area contributed by atoms with Crippen molar-refractivity contribution in [1.29, 1.82) is 0 Å². The van der Waals surface area contributed by atoms with Crippen LogP contribution in [0.15, 0.2) is 28.2 Å². The first-order valence-corrected chi connectivity index (χ1v) is 5.41. The van der Waals surface area contributed by atoms with Gasteiger partial charge < -0.3 is 9.80 Å². The Bertz CT molecular complexity index is 465. The molecule has 1 amide bonds. The predicted molar refractivity (Wildman–Crippen MR) is 72.6 cm³/mol. The van der Waals surface area contributed by atoms with Crippen LogP contribution in [0.2, 0.25) is 0 Å². The molecule has 0 saturated carbocycles. The number of rotatable bonds is 4. The van der Waals surface area contributed by atoms with Gasteiger partial charge >= 0.3 is 0 Å². The summed E-state index contributed by atoms with van der Waals surface area (Å²) in [5, 5.41) is 0. The average Bonchev–Trinajstić information content (AvgIpc) is 2.33. The molecule has 0 bridgehead atoms. The Morgan fingerprint density at radius 1 is 1.17 bits per heavy atom. The summed E-state index contributed by atoms with van der Waals surface area (Å²) in [6, 6.07) is 5.07. The van der Waals surface area contributed by atoms with E-state index in [1.54, 1.807) is 48.4 Å². The van der Waals surface area contributed by atoms with E-state index in [9.17, 15) is 4.79 Å². The third-order valence-electron chi connectivity index (χ3n) is 1.78. The zero-order valence-electron chi connectivity index (χ0n) is 11.0. The van der Waals surface area contributed by atoms with Crippen molar-refractivity contribution in [2.24, 2.45) is 9.98 Å². The van der Waals surface area contributed by atoms with Gasteiger partial charge in [-0.2, -0.15) is 4.99 Å². The number of carbonyl (C=O) groups excluding carboxylic acids is 1. The zero-order chi connectivity index (χ0) is 13.5. The third-order valence-corrected chi connectivity index (χ3v) is 1.78. The lowest BCUT2D eigenvalue weighted by Crippen LogP contribution is -2.10. The second kappa shape index (κ2) is 6.48. The van der Waals surface area contributed by atoms with Crippen molar-refractivity contribution in [3.63, 3.8) is 0 Å². The average molecular weight is 247 g/mol. The summed E-state index contributed by atoms with van der Waals surface area (Å²) in [5.74, 6) is 0.0974. The highest BCUT2D eigenvalue weighted by Gasteiger charge is 2.05. The largest absolute Gasteiger partial charge is 0.369 e. The van der Waals surface area contributed by atoms with Gasteiger partial charge in [-0.1, -0.05) is 6.07 Å². The Morgan fingerprint density at radius 2 is 1.83 bits per heavy atom. The standard InChI is InChI=1S/C12H17N5O/c1-16(2)8-13-11-7-5-6-10(15-11)12(18)14-9-17(3)4/h5-9H,1-4H3/b13-8+,14-9+. The molecule has 0 aromatic carbocycles. The normalized spacial score (nSPS) is 11.1. The summed E-state index contributed by atoms with van der Waals surface area (Å²) < 4.78 is 0. The first-order chi connectivity index (χ1) is 8.49. The Labute approximate surface area is 107 Å². The van der Waals surface area contributed by atoms with Gasteiger partial charge in [-0.05, 0) is 12.1 Å². The van der Waals surface area contributed by atoms with Crippen molar-refractivity contribution in [3.8, 4) is 0 Å². The van der Waals surface area contributed by atoms with Crippen LogP contribution in [0.5, 0.6) is 0 Å². The van der Waals surface area contributed by atoms with Crippen molar-refractivity contribution in [1.82, 2.24) is 14.8 Å². The summed E-state index contributed by atoms with van der Waals surface area (Å²) in [6.45, 7) is 0. The second-order valence-electron chi connectivity index (χ2n) is 4.10. The van der Waals surface area contributed by atoms with Gasteiger partial charge in [0.2, 0.25) is 0 Å². The number of aliphatic imine (C=N–C) groups is 2. The predicted octanol–water partition coefficient (Wildman–Crippen LogP) is 1.03. The monoisotopic (exact) mass is 247 g/mol. The summed E-state index contributed by atoms with van der Waals surface area (Å²) in [4.78, 5) is 27.2. The smallest absolute Gasteiger partial charge is 0.297 e. The van der Waals surface area contributed by atoms with E-state index in [2.05, 4.69) is 15.0 Å². The maximum absolute atomic E-state index is 11.7. The number of carbonyl (C=O) groups is 1. The molecule has 0 spiro atoms. The van der Waals surface area contributed by atoms with Gasteiger partial charge in [0.25, 0.3) is 5.91 Å². The summed E-state index contributed by atoms with van der Waals surface area (Å²) in [5.41, 5.74) is 0.279. The molecule has 0 radical (unpaired) electrons. The molecule has 1 rings (SSSR count). The first-order valence-electron chi connectivity index (χ1n) is 5.41. The zero-order valence-corrected chi connectivity index (χ0v) is 11.0. The molecule has 1 heterocycles. The molecule has 0 N–H and O–H groups in total. The first kappa shape index (κ1) is 13.8. The molecule has 6 nitrogen and oxygen atoms in total. The van der Waals surface area contributed by atoms with E-state index in [4.69, 9.17) is 0 Å². The van der Waals surface area contributed by atoms with Crippen molar-refractivity contribution < 1.29 is 4.79 Å². The fourth-order valence-electron chi connectivity index (χ4n) is 1.02. The van der Waals surface area contributed by atoms with Gasteiger partial charge in [-0.3, -0.25) is 4.79 Å². The molecule has 0 atom stereocenters. The van der Waals surface area contributed by atoms with Crippen molar-refractivity contribution in [2.45, 2.75) is 0 Å². The lowest BCUT2D eigenvalue weighted by Gasteiger charge is -2.03. The quantitative estimate of drug-likeness (QED) is 0.589. The number of aromatic nitrogens is 1. The minimum absolute atomic E-state index is 0.279. The molecule has 0 aliphatic heterocycles.